The van der Waals surface area contributed by atoms with Crippen LogP contribution in [0.5, 0.6) is 5.75 Å². The van der Waals surface area contributed by atoms with Gasteiger partial charge in [-0.25, -0.2) is 4.79 Å². The van der Waals surface area contributed by atoms with E-state index in [4.69, 9.17) is 4.74 Å². The molecule has 0 aliphatic rings. The third kappa shape index (κ3) is 5.81. The smallest absolute Gasteiger partial charge is 0.330 e. The van der Waals surface area contributed by atoms with Crippen molar-refractivity contribution in [2.45, 2.75) is 6.92 Å². The normalized spacial score (nSPS) is 10.5. The Morgan fingerprint density at radius 1 is 1.20 bits per heavy atom. The lowest BCUT2D eigenvalue weighted by Crippen LogP contribution is -2.33. The van der Waals surface area contributed by atoms with Crippen molar-refractivity contribution in [2.75, 3.05) is 37.5 Å². The molecule has 1 amide bonds. The van der Waals surface area contributed by atoms with Crippen molar-refractivity contribution in [3.05, 3.63) is 64.2 Å². The van der Waals surface area contributed by atoms with Crippen LogP contribution >= 0.6 is 0 Å². The summed E-state index contributed by atoms with van der Waals surface area (Å²) in [5.41, 5.74) is 1.10. The highest BCUT2D eigenvalue weighted by atomic mass is 16.6. The Morgan fingerprint density at radius 2 is 1.93 bits per heavy atom. The lowest BCUT2D eigenvalue weighted by atomic mass is 10.1. The Kier molecular flexibility index (Phi) is 7.92. The summed E-state index contributed by atoms with van der Waals surface area (Å²) in [7, 11) is 2.75. The Balaban J connectivity index is 2.24. The minimum absolute atomic E-state index is 0.0905. The fourth-order valence-corrected chi connectivity index (χ4v) is 2.77. The van der Waals surface area contributed by atoms with Gasteiger partial charge in [-0.3, -0.25) is 14.9 Å². The SMILES string of the molecule is CCN(CC(=O)Nc1ccccc1OC)c1ccc(/C=C/C(=O)OC)cc1[N+](=O)[O-]. The zero-order valence-corrected chi connectivity index (χ0v) is 17.0. The number of nitro groups is 1. The van der Waals surface area contributed by atoms with Gasteiger partial charge in [0.25, 0.3) is 5.69 Å². The molecule has 0 aliphatic carbocycles. The van der Waals surface area contributed by atoms with Crippen molar-refractivity contribution < 1.29 is 24.0 Å². The zero-order valence-electron chi connectivity index (χ0n) is 17.0. The Hall–Kier alpha value is -3.88. The average Bonchev–Trinajstić information content (AvgIpc) is 2.75. The predicted molar refractivity (Wildman–Crippen MR) is 114 cm³/mol. The van der Waals surface area contributed by atoms with Crippen molar-refractivity contribution in [3.63, 3.8) is 0 Å². The first-order valence-electron chi connectivity index (χ1n) is 9.11. The number of hydrogen-bond acceptors (Lipinski definition) is 7. The number of anilines is 2. The van der Waals surface area contributed by atoms with Crippen LogP contribution in [0.1, 0.15) is 12.5 Å². The molecular weight excluding hydrogens is 390 g/mol. The van der Waals surface area contributed by atoms with Crippen LogP contribution < -0.4 is 15.0 Å². The average molecular weight is 413 g/mol. The van der Waals surface area contributed by atoms with Gasteiger partial charge < -0.3 is 19.7 Å². The second-order valence-electron chi connectivity index (χ2n) is 6.12. The van der Waals surface area contributed by atoms with Gasteiger partial charge in [-0.15, -0.1) is 0 Å². The number of nitrogens with zero attached hydrogens (tertiary/aromatic N) is 2. The number of methoxy groups -OCH3 is 2. The molecule has 2 aromatic carbocycles. The molecule has 9 heteroatoms. The molecule has 0 heterocycles. The molecule has 0 atom stereocenters. The zero-order chi connectivity index (χ0) is 22.1. The van der Waals surface area contributed by atoms with Gasteiger partial charge in [0.1, 0.15) is 11.4 Å². The van der Waals surface area contributed by atoms with Gasteiger partial charge in [0.05, 0.1) is 31.4 Å². The van der Waals surface area contributed by atoms with Gasteiger partial charge in [0, 0.05) is 18.7 Å². The molecule has 9 nitrogen and oxygen atoms in total. The Bertz CT molecular complexity index is 958. The number of esters is 1. The van der Waals surface area contributed by atoms with Gasteiger partial charge in [0.2, 0.25) is 5.91 Å². The summed E-state index contributed by atoms with van der Waals surface area (Å²) in [5, 5.41) is 14.4. The predicted octanol–water partition coefficient (Wildman–Crippen LogP) is 3.25. The quantitative estimate of drug-likeness (QED) is 0.291. The fraction of sp³-hybridized carbons (Fsp3) is 0.238. The molecule has 0 aliphatic heterocycles. The van der Waals surface area contributed by atoms with Gasteiger partial charge in [0.15, 0.2) is 0 Å². The maximum Gasteiger partial charge on any atom is 0.330 e. The number of likely N-dealkylation sites (N-methyl/N-ethyl adjacent to an activating group) is 1. The third-order valence-electron chi connectivity index (χ3n) is 4.25. The van der Waals surface area contributed by atoms with Crippen LogP contribution in [0.3, 0.4) is 0 Å². The van der Waals surface area contributed by atoms with Crippen molar-refractivity contribution in [2.24, 2.45) is 0 Å². The highest BCUT2D eigenvalue weighted by Gasteiger charge is 2.21. The van der Waals surface area contributed by atoms with E-state index in [9.17, 15) is 19.7 Å². The first-order valence-corrected chi connectivity index (χ1v) is 9.11. The van der Waals surface area contributed by atoms with Crippen LogP contribution in [0, 0.1) is 10.1 Å². The molecule has 0 unspecified atom stereocenters. The van der Waals surface area contributed by atoms with Gasteiger partial charge in [-0.1, -0.05) is 18.2 Å². The fourth-order valence-electron chi connectivity index (χ4n) is 2.77. The van der Waals surface area contributed by atoms with E-state index in [1.807, 2.05) is 0 Å². The molecule has 0 radical (unpaired) electrons. The number of amides is 1. The summed E-state index contributed by atoms with van der Waals surface area (Å²) in [4.78, 5) is 36.4. The van der Waals surface area contributed by atoms with E-state index in [0.29, 0.717) is 29.2 Å². The van der Waals surface area contributed by atoms with E-state index >= 15 is 0 Å². The molecule has 0 bridgehead atoms. The third-order valence-corrected chi connectivity index (χ3v) is 4.25. The summed E-state index contributed by atoms with van der Waals surface area (Å²) in [6, 6.07) is 11.5. The van der Waals surface area contributed by atoms with Crippen molar-refractivity contribution in [3.8, 4) is 5.75 Å². The lowest BCUT2D eigenvalue weighted by Gasteiger charge is -2.22. The molecule has 30 heavy (non-hydrogen) atoms. The van der Waals surface area contributed by atoms with Crippen LogP contribution in [-0.2, 0) is 14.3 Å². The largest absolute Gasteiger partial charge is 0.495 e. The van der Waals surface area contributed by atoms with E-state index in [1.165, 1.54) is 32.4 Å². The van der Waals surface area contributed by atoms with E-state index in [-0.39, 0.29) is 18.1 Å². The maximum atomic E-state index is 12.5. The van der Waals surface area contributed by atoms with E-state index < -0.39 is 10.9 Å². The van der Waals surface area contributed by atoms with Crippen LogP contribution in [0.25, 0.3) is 6.08 Å². The highest BCUT2D eigenvalue weighted by Crippen LogP contribution is 2.30. The molecule has 0 spiro atoms. The summed E-state index contributed by atoms with van der Waals surface area (Å²) >= 11 is 0. The number of carbonyl (C=O) groups excluding carboxylic acids is 2. The number of carbonyl (C=O) groups is 2. The van der Waals surface area contributed by atoms with Gasteiger partial charge >= 0.3 is 5.97 Å². The minimum atomic E-state index is -0.565. The van der Waals surface area contributed by atoms with Crippen molar-refractivity contribution in [1.29, 1.82) is 0 Å². The number of ether oxygens (including phenoxy) is 2. The molecule has 2 aromatic rings. The standard InChI is InChI=1S/C21H23N3O6/c1-4-23(14-20(25)22-16-7-5-6-8-19(16)29-2)17-11-9-15(10-12-21(26)30-3)13-18(17)24(27)28/h5-13H,4,14H2,1-3H3,(H,22,25)/b12-10+. The number of rotatable bonds is 9. The topological polar surface area (TPSA) is 111 Å². The molecule has 0 saturated carbocycles. The highest BCUT2D eigenvalue weighted by molar-refractivity contribution is 5.95. The van der Waals surface area contributed by atoms with Gasteiger partial charge in [-0.2, -0.15) is 0 Å². The maximum absolute atomic E-state index is 12.5. The first kappa shape index (κ1) is 22.4. The van der Waals surface area contributed by atoms with Gasteiger partial charge in [-0.05, 0) is 36.8 Å². The molecule has 158 valence electrons. The summed E-state index contributed by atoms with van der Waals surface area (Å²) < 4.78 is 9.73. The van der Waals surface area contributed by atoms with Crippen LogP contribution in [0.2, 0.25) is 0 Å². The minimum Gasteiger partial charge on any atom is -0.495 e. The Labute approximate surface area is 174 Å². The number of para-hydroxylation sites is 2. The van der Waals surface area contributed by atoms with E-state index in [2.05, 4.69) is 10.1 Å². The molecular formula is C21H23N3O6. The number of nitro benzene ring substituents is 1. The summed E-state index contributed by atoms with van der Waals surface area (Å²) in [5.74, 6) is -0.392. The molecule has 0 aromatic heterocycles. The molecule has 0 fully saturated rings. The second kappa shape index (κ2) is 10.6. The van der Waals surface area contributed by atoms with Crippen LogP contribution in [-0.4, -0.2) is 44.1 Å². The van der Waals surface area contributed by atoms with Crippen molar-refractivity contribution in [1.82, 2.24) is 0 Å². The molecule has 2 rings (SSSR count). The molecule has 0 saturated heterocycles. The van der Waals surface area contributed by atoms with Crippen LogP contribution in [0.15, 0.2) is 48.5 Å². The summed E-state index contributed by atoms with van der Waals surface area (Å²) in [6.07, 6.45) is 2.60. The lowest BCUT2D eigenvalue weighted by molar-refractivity contribution is -0.384. The Morgan fingerprint density at radius 3 is 2.57 bits per heavy atom. The number of benzene rings is 2. The van der Waals surface area contributed by atoms with Crippen molar-refractivity contribution >= 4 is 35.0 Å². The summed E-state index contributed by atoms with van der Waals surface area (Å²) in [6.45, 7) is 2.08. The van der Waals surface area contributed by atoms with E-state index in [0.717, 1.165) is 0 Å². The number of nitrogens with one attached hydrogen (secondary N) is 1. The van der Waals surface area contributed by atoms with E-state index in [1.54, 1.807) is 48.2 Å². The second-order valence-corrected chi connectivity index (χ2v) is 6.12. The van der Waals surface area contributed by atoms with Crippen LogP contribution in [0.4, 0.5) is 17.1 Å². The number of hydrogen-bond donors (Lipinski definition) is 1. The first-order chi connectivity index (χ1) is 14.4. The molecule has 1 N–H and O–H groups in total. The monoisotopic (exact) mass is 413 g/mol.